The molecule has 3 amide bonds. The lowest BCUT2D eigenvalue weighted by molar-refractivity contribution is -0.137. The molecule has 1 heterocycles. The van der Waals surface area contributed by atoms with Crippen molar-refractivity contribution in [2.75, 3.05) is 13.1 Å². The average Bonchev–Trinajstić information content (AvgIpc) is 3.07. The number of carbonyl (C=O) groups excluding carboxylic acids is 5. The van der Waals surface area contributed by atoms with Crippen LogP contribution in [0.3, 0.4) is 0 Å². The molecule has 0 radical (unpaired) electrons. The Morgan fingerprint density at radius 2 is 1.59 bits per heavy atom. The standard InChI is InChI=1S/C26H43N3O5/c1-18(2)20(25(34)28-21(12-8-9-15-27)24(33)26(3,4)5)17-19(30)11-7-6-10-16-29-22(31)13-14-23(29)32/h13-14,18,20-21H,6-12,15-17,27H2,1-5H3,(H,28,34). The summed E-state index contributed by atoms with van der Waals surface area (Å²) < 4.78 is 0. The minimum Gasteiger partial charge on any atom is -0.346 e. The fraction of sp³-hybridized carbons (Fsp3) is 0.731. The molecule has 1 aliphatic rings. The molecular weight excluding hydrogens is 434 g/mol. The van der Waals surface area contributed by atoms with Crippen molar-refractivity contribution in [3.63, 3.8) is 0 Å². The van der Waals surface area contributed by atoms with E-state index in [9.17, 15) is 24.0 Å². The molecule has 0 saturated heterocycles. The number of hydrogen-bond acceptors (Lipinski definition) is 6. The number of carbonyl (C=O) groups is 5. The first-order chi connectivity index (χ1) is 15.9. The van der Waals surface area contributed by atoms with Crippen LogP contribution in [0.1, 0.15) is 86.0 Å². The Balaban J connectivity index is 2.56. The third kappa shape index (κ3) is 9.87. The van der Waals surface area contributed by atoms with Crippen LogP contribution < -0.4 is 11.1 Å². The summed E-state index contributed by atoms with van der Waals surface area (Å²) in [5, 5.41) is 2.93. The van der Waals surface area contributed by atoms with E-state index in [0.717, 1.165) is 12.8 Å². The van der Waals surface area contributed by atoms with E-state index in [1.807, 2.05) is 34.6 Å². The topological polar surface area (TPSA) is 127 Å². The second-order valence-electron chi connectivity index (χ2n) is 10.5. The Kier molecular flexibility index (Phi) is 12.3. The molecule has 192 valence electrons. The first-order valence-electron chi connectivity index (χ1n) is 12.5. The van der Waals surface area contributed by atoms with Crippen LogP contribution >= 0.6 is 0 Å². The lowest BCUT2D eigenvalue weighted by Gasteiger charge is -2.28. The lowest BCUT2D eigenvalue weighted by atomic mass is 9.83. The van der Waals surface area contributed by atoms with Crippen molar-refractivity contribution in [2.24, 2.45) is 23.0 Å². The van der Waals surface area contributed by atoms with Gasteiger partial charge in [-0.25, -0.2) is 0 Å². The van der Waals surface area contributed by atoms with Crippen LogP contribution in [0.2, 0.25) is 0 Å². The van der Waals surface area contributed by atoms with Gasteiger partial charge in [-0.2, -0.15) is 0 Å². The van der Waals surface area contributed by atoms with E-state index >= 15 is 0 Å². The molecule has 0 aliphatic carbocycles. The number of nitrogens with zero attached hydrogens (tertiary/aromatic N) is 1. The Hall–Kier alpha value is -2.35. The number of ketones is 2. The predicted octanol–water partition coefficient (Wildman–Crippen LogP) is 2.93. The highest BCUT2D eigenvalue weighted by Gasteiger charge is 2.33. The number of hydrogen-bond donors (Lipinski definition) is 2. The highest BCUT2D eigenvalue weighted by molar-refractivity contribution is 6.12. The zero-order valence-electron chi connectivity index (χ0n) is 21.5. The van der Waals surface area contributed by atoms with Crippen LogP contribution in [0.5, 0.6) is 0 Å². The lowest BCUT2D eigenvalue weighted by Crippen LogP contribution is -2.48. The molecule has 0 aromatic rings. The highest BCUT2D eigenvalue weighted by Crippen LogP contribution is 2.22. The van der Waals surface area contributed by atoms with Gasteiger partial charge in [-0.05, 0) is 44.6 Å². The Morgan fingerprint density at radius 3 is 2.12 bits per heavy atom. The molecule has 34 heavy (non-hydrogen) atoms. The van der Waals surface area contributed by atoms with Gasteiger partial charge in [0.1, 0.15) is 5.78 Å². The van der Waals surface area contributed by atoms with Gasteiger partial charge in [-0.15, -0.1) is 0 Å². The van der Waals surface area contributed by atoms with Crippen molar-refractivity contribution in [1.82, 2.24) is 10.2 Å². The monoisotopic (exact) mass is 477 g/mol. The van der Waals surface area contributed by atoms with Gasteiger partial charge in [0.15, 0.2) is 5.78 Å². The third-order valence-electron chi connectivity index (χ3n) is 6.15. The Morgan fingerprint density at radius 1 is 0.971 bits per heavy atom. The average molecular weight is 478 g/mol. The normalized spacial score (nSPS) is 15.7. The number of amides is 3. The number of rotatable bonds is 16. The van der Waals surface area contributed by atoms with Crippen molar-refractivity contribution < 1.29 is 24.0 Å². The molecule has 0 aromatic heterocycles. The maximum atomic E-state index is 13.1. The molecule has 2 atom stereocenters. The van der Waals surface area contributed by atoms with Crippen LogP contribution in [-0.4, -0.2) is 53.3 Å². The van der Waals surface area contributed by atoms with Gasteiger partial charge >= 0.3 is 0 Å². The first-order valence-corrected chi connectivity index (χ1v) is 12.5. The van der Waals surface area contributed by atoms with Gasteiger partial charge in [0.05, 0.1) is 6.04 Å². The van der Waals surface area contributed by atoms with Crippen molar-refractivity contribution in [2.45, 2.75) is 92.0 Å². The maximum absolute atomic E-state index is 13.1. The SMILES string of the molecule is CC(C)C(CC(=O)CCCCCN1C(=O)C=CC1=O)C(=O)NC(CCCCN)C(=O)C(C)(C)C. The minimum atomic E-state index is -0.583. The number of nitrogens with two attached hydrogens (primary N) is 1. The van der Waals surface area contributed by atoms with Crippen LogP contribution in [-0.2, 0) is 24.0 Å². The zero-order valence-corrected chi connectivity index (χ0v) is 21.5. The second kappa shape index (κ2) is 14.1. The minimum absolute atomic E-state index is 0.00525. The van der Waals surface area contributed by atoms with Crippen molar-refractivity contribution in [3.8, 4) is 0 Å². The van der Waals surface area contributed by atoms with Crippen LogP contribution in [0.4, 0.5) is 0 Å². The quantitative estimate of drug-likeness (QED) is 0.260. The molecule has 0 spiro atoms. The van der Waals surface area contributed by atoms with E-state index in [1.54, 1.807) is 0 Å². The molecule has 8 heteroatoms. The predicted molar refractivity (Wildman–Crippen MR) is 132 cm³/mol. The number of nitrogens with one attached hydrogen (secondary N) is 1. The number of unbranched alkanes of at least 4 members (excludes halogenated alkanes) is 3. The first kappa shape index (κ1) is 29.7. The summed E-state index contributed by atoms with van der Waals surface area (Å²) in [5.41, 5.74) is 5.00. The Labute approximate surface area is 204 Å². The summed E-state index contributed by atoms with van der Waals surface area (Å²) >= 11 is 0. The highest BCUT2D eigenvalue weighted by atomic mass is 16.2. The fourth-order valence-electron chi connectivity index (χ4n) is 3.96. The van der Waals surface area contributed by atoms with Crippen LogP contribution in [0, 0.1) is 17.3 Å². The molecule has 1 aliphatic heterocycles. The molecule has 0 saturated carbocycles. The molecule has 3 N–H and O–H groups in total. The number of imide groups is 1. The fourth-order valence-corrected chi connectivity index (χ4v) is 3.96. The van der Waals surface area contributed by atoms with Gasteiger partial charge < -0.3 is 11.1 Å². The van der Waals surface area contributed by atoms with E-state index in [0.29, 0.717) is 45.2 Å². The van der Waals surface area contributed by atoms with E-state index in [-0.39, 0.29) is 41.6 Å². The van der Waals surface area contributed by atoms with E-state index < -0.39 is 17.4 Å². The summed E-state index contributed by atoms with van der Waals surface area (Å²) in [6, 6.07) is -0.583. The van der Waals surface area contributed by atoms with E-state index in [4.69, 9.17) is 5.73 Å². The molecule has 1 rings (SSSR count). The molecule has 0 bridgehead atoms. The van der Waals surface area contributed by atoms with Crippen molar-refractivity contribution >= 4 is 29.3 Å². The maximum Gasteiger partial charge on any atom is 0.253 e. The molecule has 0 fully saturated rings. The second-order valence-corrected chi connectivity index (χ2v) is 10.5. The van der Waals surface area contributed by atoms with E-state index in [2.05, 4.69) is 5.32 Å². The van der Waals surface area contributed by atoms with Crippen LogP contribution in [0.25, 0.3) is 0 Å². The Bertz CT molecular complexity index is 749. The summed E-state index contributed by atoms with van der Waals surface area (Å²) in [6.07, 6.45) is 7.07. The molecular formula is C26H43N3O5. The smallest absolute Gasteiger partial charge is 0.253 e. The van der Waals surface area contributed by atoms with Gasteiger partial charge in [-0.3, -0.25) is 28.9 Å². The van der Waals surface area contributed by atoms with Crippen LogP contribution in [0.15, 0.2) is 12.2 Å². The van der Waals surface area contributed by atoms with E-state index in [1.165, 1.54) is 17.1 Å². The van der Waals surface area contributed by atoms with Gasteiger partial charge in [0.25, 0.3) is 11.8 Å². The third-order valence-corrected chi connectivity index (χ3v) is 6.15. The van der Waals surface area contributed by atoms with Gasteiger partial charge in [-0.1, -0.05) is 41.0 Å². The summed E-state index contributed by atoms with van der Waals surface area (Å²) in [5.74, 6) is -1.39. The summed E-state index contributed by atoms with van der Waals surface area (Å²) in [7, 11) is 0. The zero-order chi connectivity index (χ0) is 25.9. The van der Waals surface area contributed by atoms with Gasteiger partial charge in [0, 0.05) is 42.9 Å². The molecule has 8 nitrogen and oxygen atoms in total. The van der Waals surface area contributed by atoms with Gasteiger partial charge in [0.2, 0.25) is 5.91 Å². The molecule has 2 unspecified atom stereocenters. The van der Waals surface area contributed by atoms with Crippen molar-refractivity contribution in [1.29, 1.82) is 0 Å². The summed E-state index contributed by atoms with van der Waals surface area (Å²) in [6.45, 7) is 10.2. The van der Waals surface area contributed by atoms with Crippen molar-refractivity contribution in [3.05, 3.63) is 12.2 Å². The number of Topliss-reactive ketones (excluding diaryl/α,β-unsaturated/α-hetero) is 2. The molecule has 0 aromatic carbocycles. The largest absolute Gasteiger partial charge is 0.346 e. The summed E-state index contributed by atoms with van der Waals surface area (Å²) in [4.78, 5) is 62.8.